The molecule has 0 atom stereocenters. The fraction of sp³-hybridized carbons (Fsp3) is 0.250. The van der Waals surface area contributed by atoms with E-state index in [9.17, 15) is 4.39 Å². The van der Waals surface area contributed by atoms with Crippen molar-refractivity contribution in [1.29, 1.82) is 0 Å². The predicted octanol–water partition coefficient (Wildman–Crippen LogP) is 2.02. The van der Waals surface area contributed by atoms with Crippen LogP contribution in [0.3, 0.4) is 0 Å². The fourth-order valence-corrected chi connectivity index (χ4v) is 1.59. The molecule has 0 saturated heterocycles. The van der Waals surface area contributed by atoms with Gasteiger partial charge >= 0.3 is 0 Å². The Morgan fingerprint density at radius 2 is 2.29 bits per heavy atom. The summed E-state index contributed by atoms with van der Waals surface area (Å²) in [6.45, 7) is 3.35. The van der Waals surface area contributed by atoms with Crippen LogP contribution in [0.15, 0.2) is 30.6 Å². The van der Waals surface area contributed by atoms with Gasteiger partial charge in [-0.25, -0.2) is 4.39 Å². The third kappa shape index (κ3) is 2.75. The van der Waals surface area contributed by atoms with E-state index < -0.39 is 5.82 Å². The molecule has 4 nitrogen and oxygen atoms in total. The van der Waals surface area contributed by atoms with Gasteiger partial charge in [0.2, 0.25) is 0 Å². The molecule has 0 radical (unpaired) electrons. The van der Waals surface area contributed by atoms with Crippen LogP contribution in [0.25, 0.3) is 0 Å². The maximum Gasteiger partial charge on any atom is 0.148 e. The second-order valence-corrected chi connectivity index (χ2v) is 3.91. The number of benzene rings is 1. The van der Waals surface area contributed by atoms with Crippen LogP contribution < -0.4 is 11.1 Å². The highest BCUT2D eigenvalue weighted by Gasteiger charge is 2.03. The number of nitrogen functional groups attached to an aromatic ring is 1. The number of halogens is 1. The summed E-state index contributed by atoms with van der Waals surface area (Å²) >= 11 is 0. The molecule has 1 heterocycles. The van der Waals surface area contributed by atoms with Gasteiger partial charge in [-0.15, -0.1) is 0 Å². The van der Waals surface area contributed by atoms with Crippen LogP contribution in [-0.2, 0) is 6.54 Å². The van der Waals surface area contributed by atoms with Gasteiger partial charge in [0.05, 0.1) is 24.1 Å². The lowest BCUT2D eigenvalue weighted by atomic mass is 10.2. The third-order valence-corrected chi connectivity index (χ3v) is 2.47. The van der Waals surface area contributed by atoms with E-state index in [1.807, 2.05) is 17.8 Å². The molecule has 0 aliphatic rings. The molecule has 1 aromatic heterocycles. The minimum atomic E-state index is -0.398. The Balaban J connectivity index is 1.92. The second-order valence-electron chi connectivity index (χ2n) is 3.91. The van der Waals surface area contributed by atoms with E-state index in [-0.39, 0.29) is 5.69 Å². The van der Waals surface area contributed by atoms with Crippen LogP contribution in [0.4, 0.5) is 15.8 Å². The maximum absolute atomic E-state index is 13.2. The van der Waals surface area contributed by atoms with Crippen molar-refractivity contribution in [3.8, 4) is 0 Å². The normalized spacial score (nSPS) is 10.5. The van der Waals surface area contributed by atoms with Gasteiger partial charge in [-0.3, -0.25) is 4.68 Å². The molecule has 0 unspecified atom stereocenters. The van der Waals surface area contributed by atoms with Gasteiger partial charge in [0, 0.05) is 12.7 Å². The number of aromatic nitrogens is 2. The van der Waals surface area contributed by atoms with Crippen LogP contribution in [0.1, 0.15) is 5.56 Å². The highest BCUT2D eigenvalue weighted by atomic mass is 19.1. The number of nitrogens with zero attached hydrogens (tertiary/aromatic N) is 2. The van der Waals surface area contributed by atoms with E-state index >= 15 is 0 Å². The Kier molecular flexibility index (Phi) is 3.27. The minimum absolute atomic E-state index is 0.157. The van der Waals surface area contributed by atoms with Crippen LogP contribution in [0, 0.1) is 12.7 Å². The molecule has 17 heavy (non-hydrogen) atoms. The van der Waals surface area contributed by atoms with Gasteiger partial charge in [-0.1, -0.05) is 6.07 Å². The number of nitrogens with two attached hydrogens (primary N) is 1. The van der Waals surface area contributed by atoms with E-state index in [1.165, 1.54) is 6.07 Å². The summed E-state index contributed by atoms with van der Waals surface area (Å²) in [5.74, 6) is -0.398. The van der Waals surface area contributed by atoms with E-state index in [1.54, 1.807) is 18.3 Å². The maximum atomic E-state index is 13.2. The number of para-hydroxylation sites is 1. The highest BCUT2D eigenvalue weighted by molar-refractivity contribution is 5.66. The number of aryl methyl sites for hydroxylation is 1. The number of hydrogen-bond donors (Lipinski definition) is 2. The molecule has 0 bridgehead atoms. The molecule has 3 N–H and O–H groups in total. The first kappa shape index (κ1) is 11.4. The Labute approximate surface area is 99.2 Å². The van der Waals surface area contributed by atoms with E-state index in [4.69, 9.17) is 5.73 Å². The molecule has 0 aliphatic carbocycles. The highest BCUT2D eigenvalue weighted by Crippen LogP contribution is 2.20. The molecule has 90 valence electrons. The van der Waals surface area contributed by atoms with Crippen molar-refractivity contribution in [2.45, 2.75) is 13.5 Å². The minimum Gasteiger partial charge on any atom is -0.395 e. The summed E-state index contributed by atoms with van der Waals surface area (Å²) in [5, 5.41) is 7.24. The van der Waals surface area contributed by atoms with Crippen LogP contribution in [0.5, 0.6) is 0 Å². The Bertz CT molecular complexity index is 507. The average Bonchev–Trinajstić information content (AvgIpc) is 2.70. The van der Waals surface area contributed by atoms with E-state index in [0.717, 1.165) is 5.56 Å². The smallest absolute Gasteiger partial charge is 0.148 e. The van der Waals surface area contributed by atoms with Crippen molar-refractivity contribution in [3.63, 3.8) is 0 Å². The van der Waals surface area contributed by atoms with Gasteiger partial charge < -0.3 is 11.1 Å². The summed E-state index contributed by atoms with van der Waals surface area (Å²) in [4.78, 5) is 0. The number of nitrogens with one attached hydrogen (secondary N) is 1. The molecule has 2 aromatic rings. The zero-order valence-corrected chi connectivity index (χ0v) is 9.65. The monoisotopic (exact) mass is 234 g/mol. The fourth-order valence-electron chi connectivity index (χ4n) is 1.59. The lowest BCUT2D eigenvalue weighted by Crippen LogP contribution is -2.12. The standard InChI is InChI=1S/C12H15FN4/c1-9-7-16-17(8-9)6-5-15-11-4-2-3-10(13)12(11)14/h2-4,7-8,15H,5-6,14H2,1H3. The average molecular weight is 234 g/mol. The largest absolute Gasteiger partial charge is 0.395 e. The van der Waals surface area contributed by atoms with E-state index in [0.29, 0.717) is 18.8 Å². The summed E-state index contributed by atoms with van der Waals surface area (Å²) in [6.07, 6.45) is 3.76. The van der Waals surface area contributed by atoms with Crippen LogP contribution >= 0.6 is 0 Å². The SMILES string of the molecule is Cc1cnn(CCNc2cccc(F)c2N)c1. The van der Waals surface area contributed by atoms with Gasteiger partial charge in [0.25, 0.3) is 0 Å². The summed E-state index contributed by atoms with van der Waals surface area (Å²) in [7, 11) is 0. The zero-order chi connectivity index (χ0) is 12.3. The quantitative estimate of drug-likeness (QED) is 0.796. The lowest BCUT2D eigenvalue weighted by Gasteiger charge is -2.09. The molecule has 5 heteroatoms. The first-order chi connectivity index (χ1) is 8.16. The molecule has 0 aliphatic heterocycles. The zero-order valence-electron chi connectivity index (χ0n) is 9.65. The molecular formula is C12H15FN4. The first-order valence-electron chi connectivity index (χ1n) is 5.44. The molecule has 0 amide bonds. The number of rotatable bonds is 4. The lowest BCUT2D eigenvalue weighted by molar-refractivity contribution is 0.629. The van der Waals surface area contributed by atoms with Crippen molar-refractivity contribution in [2.75, 3.05) is 17.6 Å². The Hall–Kier alpha value is -2.04. The third-order valence-electron chi connectivity index (χ3n) is 2.47. The topological polar surface area (TPSA) is 55.9 Å². The molecule has 1 aromatic carbocycles. The molecule has 0 saturated carbocycles. The van der Waals surface area contributed by atoms with E-state index in [2.05, 4.69) is 10.4 Å². The van der Waals surface area contributed by atoms with Crippen LogP contribution in [-0.4, -0.2) is 16.3 Å². The van der Waals surface area contributed by atoms with Crippen molar-refractivity contribution >= 4 is 11.4 Å². The molecule has 0 fully saturated rings. The molecule has 2 rings (SSSR count). The molecular weight excluding hydrogens is 219 g/mol. The van der Waals surface area contributed by atoms with Gasteiger partial charge in [0.15, 0.2) is 0 Å². The summed E-state index contributed by atoms with van der Waals surface area (Å²) in [5.41, 5.74) is 7.50. The molecule has 0 spiro atoms. The van der Waals surface area contributed by atoms with Crippen molar-refractivity contribution in [3.05, 3.63) is 42.0 Å². The van der Waals surface area contributed by atoms with Gasteiger partial charge in [-0.2, -0.15) is 5.10 Å². The van der Waals surface area contributed by atoms with Crippen molar-refractivity contribution in [1.82, 2.24) is 9.78 Å². The van der Waals surface area contributed by atoms with Crippen LogP contribution in [0.2, 0.25) is 0 Å². The first-order valence-corrected chi connectivity index (χ1v) is 5.44. The Morgan fingerprint density at radius 3 is 3.00 bits per heavy atom. The van der Waals surface area contributed by atoms with Crippen molar-refractivity contribution in [2.24, 2.45) is 0 Å². The van der Waals surface area contributed by atoms with Gasteiger partial charge in [0.1, 0.15) is 5.82 Å². The van der Waals surface area contributed by atoms with Gasteiger partial charge in [-0.05, 0) is 24.6 Å². The Morgan fingerprint density at radius 1 is 1.47 bits per heavy atom. The predicted molar refractivity (Wildman–Crippen MR) is 66.3 cm³/mol. The van der Waals surface area contributed by atoms with Crippen molar-refractivity contribution < 1.29 is 4.39 Å². The summed E-state index contributed by atoms with van der Waals surface area (Å²) < 4.78 is 15.0. The number of anilines is 2. The summed E-state index contributed by atoms with van der Waals surface area (Å²) in [6, 6.07) is 4.73. The number of hydrogen-bond acceptors (Lipinski definition) is 3. The second kappa shape index (κ2) is 4.86.